The highest BCUT2D eigenvalue weighted by Gasteiger charge is 2.37. The number of ether oxygens (including phenoxy) is 1. The third kappa shape index (κ3) is 5.77. The molecule has 1 aromatic carbocycles. The quantitative estimate of drug-likeness (QED) is 0.334. The second kappa shape index (κ2) is 10.3. The monoisotopic (exact) mass is 535 g/mol. The summed E-state index contributed by atoms with van der Waals surface area (Å²) in [4.78, 5) is 45.9. The Balaban J connectivity index is 1.33. The van der Waals surface area contributed by atoms with Crippen molar-refractivity contribution in [1.29, 1.82) is 0 Å². The number of amides is 2. The topological polar surface area (TPSA) is 128 Å². The van der Waals surface area contributed by atoms with Crippen LogP contribution in [-0.4, -0.2) is 50.3 Å². The molecule has 2 amide bonds. The molecule has 0 unspecified atom stereocenters. The second-order valence-corrected chi connectivity index (χ2v) is 10.7. The van der Waals surface area contributed by atoms with Crippen molar-refractivity contribution in [2.24, 2.45) is 0 Å². The Morgan fingerprint density at radius 3 is 2.66 bits per heavy atom. The van der Waals surface area contributed by atoms with Crippen LogP contribution in [0.1, 0.15) is 48.1 Å². The van der Waals surface area contributed by atoms with Crippen LogP contribution in [0.25, 0.3) is 0 Å². The highest BCUT2D eigenvalue weighted by Crippen LogP contribution is 2.33. The van der Waals surface area contributed by atoms with Crippen LogP contribution < -0.4 is 10.1 Å². The van der Waals surface area contributed by atoms with Crippen LogP contribution in [0.4, 0.5) is 10.1 Å². The Labute approximate surface area is 214 Å². The van der Waals surface area contributed by atoms with Crippen molar-refractivity contribution in [1.82, 2.24) is 14.9 Å². The first-order chi connectivity index (χ1) is 16.6. The maximum absolute atomic E-state index is 13.1. The molecule has 1 aliphatic rings. The largest absolute Gasteiger partial charge is 0.476 e. The fraction of sp³-hybridized carbons (Fsp3) is 0.364. The number of carbonyl (C=O) groups excluding carboxylic acids is 2. The molecule has 1 N–H and O–H groups in total. The molecule has 0 atom stereocenters. The number of nitro groups is 1. The van der Waals surface area contributed by atoms with E-state index >= 15 is 0 Å². The van der Waals surface area contributed by atoms with Crippen LogP contribution in [-0.2, 0) is 4.79 Å². The molecule has 0 radical (unpaired) electrons. The number of nitrogens with one attached hydrogen (secondary N) is 1. The van der Waals surface area contributed by atoms with E-state index in [9.17, 15) is 19.7 Å². The van der Waals surface area contributed by atoms with E-state index in [0.717, 1.165) is 22.5 Å². The van der Waals surface area contributed by atoms with Gasteiger partial charge in [0.15, 0.2) is 10.7 Å². The maximum Gasteiger partial charge on any atom is 0.345 e. The highest BCUT2D eigenvalue weighted by atomic mass is 35.5. The van der Waals surface area contributed by atoms with Gasteiger partial charge in [0.2, 0.25) is 0 Å². The molecule has 0 spiro atoms. The lowest BCUT2D eigenvalue weighted by Gasteiger charge is -2.36. The minimum absolute atomic E-state index is 0.118. The molecule has 1 aliphatic heterocycles. The number of thiazole rings is 2. The normalized spacial score (nSPS) is 14.5. The number of nitrogens with zero attached hydrogens (tertiary/aromatic N) is 4. The number of hydrogen-bond donors (Lipinski definition) is 1. The minimum atomic E-state index is -1.07. The first kappa shape index (κ1) is 25.0. The molecule has 1 fully saturated rings. The molecule has 0 bridgehead atoms. The minimum Gasteiger partial charge on any atom is -0.476 e. The highest BCUT2D eigenvalue weighted by molar-refractivity contribution is 7.18. The van der Waals surface area contributed by atoms with Gasteiger partial charge in [-0.2, -0.15) is 0 Å². The van der Waals surface area contributed by atoms with Crippen LogP contribution >= 0.6 is 34.3 Å². The summed E-state index contributed by atoms with van der Waals surface area (Å²) in [7, 11) is 0. The molecule has 13 heteroatoms. The van der Waals surface area contributed by atoms with Crippen LogP contribution in [0, 0.1) is 10.1 Å². The van der Waals surface area contributed by atoms with Crippen LogP contribution in [0.3, 0.4) is 0 Å². The van der Waals surface area contributed by atoms with E-state index < -0.39 is 16.4 Å². The number of carbonyl (C=O) groups is 2. The van der Waals surface area contributed by atoms with E-state index in [0.29, 0.717) is 36.7 Å². The molecule has 0 aliphatic carbocycles. The summed E-state index contributed by atoms with van der Waals surface area (Å²) < 4.78 is 5.93. The molecular formula is C22H22ClN5O5S2. The van der Waals surface area contributed by atoms with E-state index in [1.165, 1.54) is 11.3 Å². The fourth-order valence-electron chi connectivity index (χ4n) is 3.70. The number of aromatic nitrogens is 2. The summed E-state index contributed by atoms with van der Waals surface area (Å²) in [5, 5.41) is 16.2. The summed E-state index contributed by atoms with van der Waals surface area (Å²) in [6.45, 7) is 4.55. The number of halogens is 1. The van der Waals surface area contributed by atoms with Crippen molar-refractivity contribution in [3.8, 4) is 5.75 Å². The van der Waals surface area contributed by atoms with Gasteiger partial charge in [0.25, 0.3) is 11.8 Å². The second-order valence-electron chi connectivity index (χ2n) is 8.40. The van der Waals surface area contributed by atoms with Crippen molar-refractivity contribution >= 4 is 56.2 Å². The van der Waals surface area contributed by atoms with Crippen molar-refractivity contribution in [2.45, 2.75) is 38.2 Å². The standard InChI is InChI=1S/C22H22ClN5O5S2/c1-22(2,33-16-6-4-3-5-14(16)23)20(30)27-9-7-13(8-10-27)19-25-15(12-34-19)18(29)26-21-24-11-17(35-21)28(31)32/h3-6,11-13H,7-10H2,1-2H3,(H,24,26,29). The zero-order chi connectivity index (χ0) is 25.2. The molecule has 4 rings (SSSR count). The van der Waals surface area contributed by atoms with Crippen molar-refractivity contribution in [3.05, 3.63) is 61.7 Å². The average Bonchev–Trinajstić information content (AvgIpc) is 3.50. The lowest BCUT2D eigenvalue weighted by atomic mass is 9.96. The smallest absolute Gasteiger partial charge is 0.345 e. The van der Waals surface area contributed by atoms with Gasteiger partial charge in [-0.3, -0.25) is 25.0 Å². The number of para-hydroxylation sites is 1. The van der Waals surface area contributed by atoms with E-state index in [4.69, 9.17) is 16.3 Å². The Morgan fingerprint density at radius 2 is 2.00 bits per heavy atom. The maximum atomic E-state index is 13.1. The third-order valence-corrected chi connectivity index (χ3v) is 7.68. The van der Waals surface area contributed by atoms with Crippen LogP contribution in [0.5, 0.6) is 5.75 Å². The predicted octanol–water partition coefficient (Wildman–Crippen LogP) is 4.98. The lowest BCUT2D eigenvalue weighted by Crippen LogP contribution is -2.51. The van der Waals surface area contributed by atoms with E-state index in [1.807, 2.05) is 0 Å². The molecule has 0 saturated carbocycles. The van der Waals surface area contributed by atoms with Gasteiger partial charge in [-0.15, -0.1) is 11.3 Å². The number of benzene rings is 1. The number of rotatable bonds is 7. The number of likely N-dealkylation sites (tertiary alicyclic amines) is 1. The van der Waals surface area contributed by atoms with Gasteiger partial charge in [-0.1, -0.05) is 23.7 Å². The van der Waals surface area contributed by atoms with Crippen LogP contribution in [0.15, 0.2) is 35.8 Å². The van der Waals surface area contributed by atoms with Gasteiger partial charge >= 0.3 is 5.00 Å². The van der Waals surface area contributed by atoms with E-state index in [1.54, 1.807) is 48.4 Å². The molecule has 3 heterocycles. The molecule has 10 nitrogen and oxygen atoms in total. The summed E-state index contributed by atoms with van der Waals surface area (Å²) in [5.74, 6) is -0.00190. The predicted molar refractivity (Wildman–Crippen MR) is 134 cm³/mol. The summed E-state index contributed by atoms with van der Waals surface area (Å²) >= 11 is 8.34. The number of piperidine rings is 1. The molecule has 1 saturated heterocycles. The zero-order valence-corrected chi connectivity index (χ0v) is 21.3. The number of hydrogen-bond acceptors (Lipinski definition) is 9. The SMILES string of the molecule is CC(C)(Oc1ccccc1Cl)C(=O)N1CCC(c2nc(C(=O)Nc3ncc([N+](=O)[O-])s3)cs2)CC1. The molecule has 3 aromatic rings. The first-order valence-corrected chi connectivity index (χ1v) is 12.8. The summed E-state index contributed by atoms with van der Waals surface area (Å²) in [6, 6.07) is 7.05. The van der Waals surface area contributed by atoms with Crippen molar-refractivity contribution < 1.29 is 19.2 Å². The molecule has 184 valence electrons. The number of anilines is 1. The van der Waals surface area contributed by atoms with Gasteiger partial charge in [0, 0.05) is 24.4 Å². The fourth-order valence-corrected chi connectivity index (χ4v) is 5.48. The Kier molecular flexibility index (Phi) is 7.33. The van der Waals surface area contributed by atoms with E-state index in [-0.39, 0.29) is 27.7 Å². The first-order valence-electron chi connectivity index (χ1n) is 10.7. The summed E-state index contributed by atoms with van der Waals surface area (Å²) in [5.41, 5.74) is -0.842. The molecule has 35 heavy (non-hydrogen) atoms. The van der Waals surface area contributed by atoms with E-state index in [2.05, 4.69) is 15.3 Å². The lowest BCUT2D eigenvalue weighted by molar-refractivity contribution is -0.380. The third-order valence-electron chi connectivity index (χ3n) is 5.50. The molecule has 2 aromatic heterocycles. The Hall–Kier alpha value is -3.09. The molecular weight excluding hydrogens is 514 g/mol. The average molecular weight is 536 g/mol. The van der Waals surface area contributed by atoms with Crippen molar-refractivity contribution in [2.75, 3.05) is 18.4 Å². The van der Waals surface area contributed by atoms with Gasteiger partial charge in [-0.25, -0.2) is 9.97 Å². The van der Waals surface area contributed by atoms with Gasteiger partial charge in [0.1, 0.15) is 17.6 Å². The Morgan fingerprint density at radius 1 is 1.29 bits per heavy atom. The van der Waals surface area contributed by atoms with Gasteiger partial charge < -0.3 is 9.64 Å². The van der Waals surface area contributed by atoms with Gasteiger partial charge in [-0.05, 0) is 50.2 Å². The van der Waals surface area contributed by atoms with Crippen molar-refractivity contribution in [3.63, 3.8) is 0 Å². The van der Waals surface area contributed by atoms with Gasteiger partial charge in [0.05, 0.1) is 15.0 Å². The Bertz CT molecular complexity index is 1250. The summed E-state index contributed by atoms with van der Waals surface area (Å²) in [6.07, 6.45) is 2.52. The van der Waals surface area contributed by atoms with Crippen LogP contribution in [0.2, 0.25) is 5.02 Å². The zero-order valence-electron chi connectivity index (χ0n) is 18.9.